The predicted octanol–water partition coefficient (Wildman–Crippen LogP) is 4.42. The highest BCUT2D eigenvalue weighted by Crippen LogP contribution is 2.44. The molecule has 0 aromatic heterocycles. The van der Waals surface area contributed by atoms with E-state index in [1.165, 1.54) is 6.07 Å². The van der Waals surface area contributed by atoms with Gasteiger partial charge in [-0.05, 0) is 24.1 Å². The van der Waals surface area contributed by atoms with E-state index in [9.17, 15) is 13.2 Å². The molecule has 0 spiro atoms. The second-order valence-corrected chi connectivity index (χ2v) is 4.98. The Hall–Kier alpha value is -2.17. The van der Waals surface area contributed by atoms with Crippen molar-refractivity contribution in [3.8, 4) is 5.75 Å². The Morgan fingerprint density at radius 2 is 1.86 bits per heavy atom. The molecule has 2 aromatic rings. The summed E-state index contributed by atoms with van der Waals surface area (Å²) in [6.45, 7) is 0. The minimum absolute atomic E-state index is 0.181. The molecule has 0 fully saturated rings. The fourth-order valence-corrected chi connectivity index (χ4v) is 2.76. The number of methoxy groups -OCH3 is 1. The number of nitrogens with one attached hydrogen (secondary N) is 1. The van der Waals surface area contributed by atoms with Crippen LogP contribution < -0.4 is 10.1 Å². The number of rotatable bonds is 2. The van der Waals surface area contributed by atoms with Gasteiger partial charge in [0.2, 0.25) is 0 Å². The van der Waals surface area contributed by atoms with Crippen LogP contribution in [0.25, 0.3) is 0 Å². The largest absolute Gasteiger partial charge is 0.496 e. The van der Waals surface area contributed by atoms with Gasteiger partial charge in [0.15, 0.2) is 0 Å². The van der Waals surface area contributed by atoms with E-state index in [2.05, 4.69) is 5.32 Å². The first-order valence-corrected chi connectivity index (χ1v) is 6.59. The zero-order chi connectivity index (χ0) is 15.0. The van der Waals surface area contributed by atoms with Gasteiger partial charge < -0.3 is 10.1 Å². The van der Waals surface area contributed by atoms with Gasteiger partial charge >= 0.3 is 6.18 Å². The van der Waals surface area contributed by atoms with Crippen molar-refractivity contribution in [3.05, 3.63) is 59.2 Å². The van der Waals surface area contributed by atoms with E-state index in [0.29, 0.717) is 17.7 Å². The van der Waals surface area contributed by atoms with E-state index in [1.54, 1.807) is 13.2 Å². The van der Waals surface area contributed by atoms with Gasteiger partial charge in [-0.25, -0.2) is 0 Å². The van der Waals surface area contributed by atoms with E-state index in [1.807, 2.05) is 24.3 Å². The maximum absolute atomic E-state index is 13.1. The summed E-state index contributed by atoms with van der Waals surface area (Å²) >= 11 is 0. The quantitative estimate of drug-likeness (QED) is 0.884. The first-order valence-electron chi connectivity index (χ1n) is 6.59. The summed E-state index contributed by atoms with van der Waals surface area (Å²) in [4.78, 5) is 0. The predicted molar refractivity (Wildman–Crippen MR) is 74.5 cm³/mol. The minimum Gasteiger partial charge on any atom is -0.496 e. The summed E-state index contributed by atoms with van der Waals surface area (Å²) in [6.07, 6.45) is -3.84. The maximum Gasteiger partial charge on any atom is 0.418 e. The van der Waals surface area contributed by atoms with Crippen molar-refractivity contribution in [1.82, 2.24) is 0 Å². The molecular formula is C16H14F3NO. The lowest BCUT2D eigenvalue weighted by molar-refractivity contribution is -0.136. The van der Waals surface area contributed by atoms with Crippen molar-refractivity contribution in [2.45, 2.75) is 18.6 Å². The number of para-hydroxylation sites is 2. The second-order valence-electron chi connectivity index (χ2n) is 4.98. The number of anilines is 1. The summed E-state index contributed by atoms with van der Waals surface area (Å²) in [5.74, 6) is 0.677. The fraction of sp³-hybridized carbons (Fsp3) is 0.250. The summed E-state index contributed by atoms with van der Waals surface area (Å²) in [5, 5.41) is 3.00. The average molecular weight is 293 g/mol. The molecule has 0 radical (unpaired) electrons. The van der Waals surface area contributed by atoms with Gasteiger partial charge in [0.05, 0.1) is 24.4 Å². The molecule has 0 aliphatic carbocycles. The lowest BCUT2D eigenvalue weighted by Crippen LogP contribution is -2.11. The van der Waals surface area contributed by atoms with Crippen molar-refractivity contribution in [2.75, 3.05) is 12.4 Å². The average Bonchev–Trinajstić information content (AvgIpc) is 2.89. The Balaban J connectivity index is 1.99. The van der Waals surface area contributed by atoms with Crippen molar-refractivity contribution < 1.29 is 17.9 Å². The van der Waals surface area contributed by atoms with Crippen molar-refractivity contribution >= 4 is 5.69 Å². The number of alkyl halides is 3. The lowest BCUT2D eigenvalue weighted by Gasteiger charge is -2.17. The molecule has 5 heteroatoms. The normalized spacial score (nSPS) is 17.2. The molecule has 1 unspecified atom stereocenters. The first kappa shape index (κ1) is 13.8. The zero-order valence-electron chi connectivity index (χ0n) is 11.4. The van der Waals surface area contributed by atoms with Crippen LogP contribution in [-0.4, -0.2) is 7.11 Å². The Kier molecular flexibility index (Phi) is 3.27. The van der Waals surface area contributed by atoms with E-state index < -0.39 is 11.7 Å². The first-order chi connectivity index (χ1) is 10.0. The van der Waals surface area contributed by atoms with E-state index >= 15 is 0 Å². The van der Waals surface area contributed by atoms with Crippen LogP contribution in [0.5, 0.6) is 5.75 Å². The number of hydrogen-bond donors (Lipinski definition) is 1. The Morgan fingerprint density at radius 1 is 1.10 bits per heavy atom. The molecule has 0 saturated heterocycles. The number of fused-ring (bicyclic) bond motifs is 1. The molecule has 110 valence electrons. The summed E-state index contributed by atoms with van der Waals surface area (Å²) in [6, 6.07) is 11.5. The van der Waals surface area contributed by atoms with Crippen LogP contribution in [0.15, 0.2) is 42.5 Å². The molecular weight excluding hydrogens is 279 g/mol. The summed E-state index contributed by atoms with van der Waals surface area (Å²) < 4.78 is 44.5. The zero-order valence-corrected chi connectivity index (χ0v) is 11.4. The molecule has 0 bridgehead atoms. The monoisotopic (exact) mass is 293 g/mol. The summed E-state index contributed by atoms with van der Waals surface area (Å²) in [5.41, 5.74) is 1.11. The minimum atomic E-state index is -4.35. The van der Waals surface area contributed by atoms with Gasteiger partial charge in [-0.3, -0.25) is 0 Å². The number of halogens is 3. The molecule has 1 aliphatic rings. The van der Waals surface area contributed by atoms with Gasteiger partial charge in [-0.15, -0.1) is 0 Å². The number of ether oxygens (including phenoxy) is 1. The summed E-state index contributed by atoms with van der Waals surface area (Å²) in [7, 11) is 1.56. The van der Waals surface area contributed by atoms with Gasteiger partial charge in [-0.2, -0.15) is 13.2 Å². The molecule has 3 rings (SSSR count). The van der Waals surface area contributed by atoms with Crippen LogP contribution >= 0.6 is 0 Å². The molecule has 2 aromatic carbocycles. The highest BCUT2D eigenvalue weighted by molar-refractivity contribution is 5.65. The third-order valence-corrected chi connectivity index (χ3v) is 3.71. The molecule has 1 atom stereocenters. The molecule has 1 heterocycles. The van der Waals surface area contributed by atoms with Gasteiger partial charge in [0.1, 0.15) is 5.75 Å². The topological polar surface area (TPSA) is 21.3 Å². The Bertz CT molecular complexity index is 667. The number of benzene rings is 2. The van der Waals surface area contributed by atoms with E-state index in [-0.39, 0.29) is 11.7 Å². The molecule has 1 N–H and O–H groups in total. The van der Waals surface area contributed by atoms with Crippen molar-refractivity contribution in [2.24, 2.45) is 0 Å². The Morgan fingerprint density at radius 3 is 2.57 bits per heavy atom. The maximum atomic E-state index is 13.1. The van der Waals surface area contributed by atoms with Crippen LogP contribution in [-0.2, 0) is 12.6 Å². The van der Waals surface area contributed by atoms with Gasteiger partial charge in [0, 0.05) is 5.56 Å². The molecule has 21 heavy (non-hydrogen) atoms. The molecule has 0 amide bonds. The van der Waals surface area contributed by atoms with Gasteiger partial charge in [0.25, 0.3) is 0 Å². The Labute approximate surface area is 120 Å². The van der Waals surface area contributed by atoms with Crippen molar-refractivity contribution in [3.63, 3.8) is 0 Å². The fourth-order valence-electron chi connectivity index (χ4n) is 2.76. The van der Waals surface area contributed by atoms with E-state index in [4.69, 9.17) is 4.74 Å². The smallest absolute Gasteiger partial charge is 0.418 e. The second kappa shape index (κ2) is 4.98. The van der Waals surface area contributed by atoms with Crippen LogP contribution in [0.2, 0.25) is 0 Å². The third kappa shape index (κ3) is 2.44. The van der Waals surface area contributed by atoms with Crippen LogP contribution in [0.4, 0.5) is 18.9 Å². The molecule has 2 nitrogen and oxygen atoms in total. The highest BCUT2D eigenvalue weighted by Gasteiger charge is 2.37. The van der Waals surface area contributed by atoms with Crippen molar-refractivity contribution in [1.29, 1.82) is 0 Å². The van der Waals surface area contributed by atoms with Crippen LogP contribution in [0.1, 0.15) is 22.7 Å². The van der Waals surface area contributed by atoms with E-state index in [0.717, 1.165) is 11.6 Å². The highest BCUT2D eigenvalue weighted by atomic mass is 19.4. The lowest BCUT2D eigenvalue weighted by atomic mass is 10.0. The van der Waals surface area contributed by atoms with Crippen LogP contribution in [0.3, 0.4) is 0 Å². The van der Waals surface area contributed by atoms with Gasteiger partial charge in [-0.1, -0.05) is 30.3 Å². The standard InChI is InChI=1S/C16H14F3NO/c1-21-14-8-3-2-6-11(14)13-9-10-5-4-7-12(15(10)20-13)16(17,18)19/h2-8,13,20H,9H2,1H3. The SMILES string of the molecule is COc1ccccc1C1Cc2cccc(C(F)(F)F)c2N1. The third-order valence-electron chi connectivity index (χ3n) is 3.71. The number of hydrogen-bond acceptors (Lipinski definition) is 2. The molecule has 0 saturated carbocycles. The molecule has 1 aliphatic heterocycles. The van der Waals surface area contributed by atoms with Crippen LogP contribution in [0, 0.1) is 0 Å².